The van der Waals surface area contributed by atoms with Gasteiger partial charge in [-0.15, -0.1) is 0 Å². The van der Waals surface area contributed by atoms with Gasteiger partial charge in [-0.05, 0) is 68.7 Å². The van der Waals surface area contributed by atoms with Crippen LogP contribution in [-0.4, -0.2) is 43.1 Å². The van der Waals surface area contributed by atoms with E-state index in [-0.39, 0.29) is 48.0 Å². The summed E-state index contributed by atoms with van der Waals surface area (Å²) >= 11 is 0. The molecule has 0 unspecified atom stereocenters. The molecule has 0 aliphatic carbocycles. The van der Waals surface area contributed by atoms with Crippen LogP contribution in [0.5, 0.6) is 17.2 Å². The second-order valence-corrected chi connectivity index (χ2v) is 11.9. The van der Waals surface area contributed by atoms with Gasteiger partial charge in [0.05, 0.1) is 16.6 Å². The third kappa shape index (κ3) is 6.79. The summed E-state index contributed by atoms with van der Waals surface area (Å²) in [5.74, 6) is -2.46. The Balaban J connectivity index is 1.32. The molecule has 4 aromatic rings. The Morgan fingerprint density at radius 1 is 1.00 bits per heavy atom. The zero-order valence-electron chi connectivity index (χ0n) is 25.5. The molecular formula is C34H29F3N2O8. The fourth-order valence-corrected chi connectivity index (χ4v) is 5.36. The number of nitrogens with one attached hydrogen (secondary N) is 1. The first kappa shape index (κ1) is 31.6. The van der Waals surface area contributed by atoms with Crippen molar-refractivity contribution in [2.45, 2.75) is 50.9 Å². The lowest BCUT2D eigenvalue weighted by Crippen LogP contribution is -2.46. The lowest BCUT2D eigenvalue weighted by Gasteiger charge is -2.24. The van der Waals surface area contributed by atoms with E-state index in [1.807, 2.05) is 24.3 Å². The van der Waals surface area contributed by atoms with Gasteiger partial charge in [0.15, 0.2) is 11.5 Å². The summed E-state index contributed by atoms with van der Waals surface area (Å²) in [6, 6.07) is 13.6. The van der Waals surface area contributed by atoms with Crippen LogP contribution < -0.4 is 25.0 Å². The molecule has 1 aromatic heterocycles. The second-order valence-electron chi connectivity index (χ2n) is 11.9. The van der Waals surface area contributed by atoms with Crippen molar-refractivity contribution in [3.63, 3.8) is 0 Å². The fourth-order valence-electron chi connectivity index (χ4n) is 5.36. The van der Waals surface area contributed by atoms with E-state index in [1.165, 1.54) is 30.3 Å². The normalized spacial score (nSPS) is 16.0. The van der Waals surface area contributed by atoms with E-state index < -0.39 is 52.2 Å². The number of fused-ring (bicyclic) bond motifs is 3. The Morgan fingerprint density at radius 3 is 2.49 bits per heavy atom. The number of esters is 1. The molecule has 2 aliphatic heterocycles. The molecule has 3 aromatic carbocycles. The van der Waals surface area contributed by atoms with Gasteiger partial charge in [-0.3, -0.25) is 9.79 Å². The number of alkyl carbamates (subject to hydrolysis) is 1. The van der Waals surface area contributed by atoms with Crippen molar-refractivity contribution in [1.29, 1.82) is 0 Å². The predicted octanol–water partition coefficient (Wildman–Crippen LogP) is 6.94. The number of benzene rings is 3. The van der Waals surface area contributed by atoms with E-state index in [2.05, 4.69) is 10.3 Å². The van der Waals surface area contributed by atoms with Gasteiger partial charge < -0.3 is 28.7 Å². The Kier molecular flexibility index (Phi) is 8.16. The zero-order chi connectivity index (χ0) is 33.5. The van der Waals surface area contributed by atoms with Gasteiger partial charge >= 0.3 is 18.2 Å². The maximum atomic E-state index is 14.3. The summed E-state index contributed by atoms with van der Waals surface area (Å²) in [5, 5.41) is 2.36. The molecule has 0 fully saturated rings. The molecular weight excluding hydrogens is 621 g/mol. The van der Waals surface area contributed by atoms with Crippen LogP contribution in [0.1, 0.15) is 44.4 Å². The predicted molar refractivity (Wildman–Crippen MR) is 165 cm³/mol. The van der Waals surface area contributed by atoms with Gasteiger partial charge in [0.1, 0.15) is 36.2 Å². The lowest BCUT2D eigenvalue weighted by atomic mass is 9.94. The highest BCUT2D eigenvalue weighted by atomic mass is 19.4. The fraction of sp³-hybridized carbons (Fsp3) is 0.294. The van der Waals surface area contributed by atoms with Crippen LogP contribution in [0.4, 0.5) is 23.7 Å². The number of carbonyl (C=O) groups is 2. The average Bonchev–Trinajstić information content (AvgIpc) is 3.41. The first-order valence-corrected chi connectivity index (χ1v) is 14.7. The summed E-state index contributed by atoms with van der Waals surface area (Å²) < 4.78 is 70.0. The first-order valence-electron chi connectivity index (χ1n) is 14.7. The Labute approximate surface area is 266 Å². The van der Waals surface area contributed by atoms with Crippen molar-refractivity contribution in [1.82, 2.24) is 5.32 Å². The molecule has 47 heavy (non-hydrogen) atoms. The maximum Gasteiger partial charge on any atom is 0.450 e. The van der Waals surface area contributed by atoms with Gasteiger partial charge in [0.25, 0.3) is 0 Å². The topological polar surface area (TPSA) is 126 Å². The number of halogens is 3. The molecule has 2 atom stereocenters. The van der Waals surface area contributed by atoms with Crippen molar-refractivity contribution in [3.05, 3.63) is 82.2 Å². The minimum Gasteiger partial charge on any atom is -0.486 e. The third-order valence-corrected chi connectivity index (χ3v) is 7.37. The van der Waals surface area contributed by atoms with Crippen LogP contribution in [-0.2, 0) is 15.7 Å². The van der Waals surface area contributed by atoms with Crippen LogP contribution in [0.25, 0.3) is 22.1 Å². The van der Waals surface area contributed by atoms with Gasteiger partial charge in [0, 0.05) is 18.2 Å². The van der Waals surface area contributed by atoms with E-state index in [0.29, 0.717) is 5.75 Å². The molecule has 0 radical (unpaired) electrons. The van der Waals surface area contributed by atoms with Crippen LogP contribution in [0.2, 0.25) is 0 Å². The number of hydrogen-bond donors (Lipinski definition) is 1. The second kappa shape index (κ2) is 12.1. The number of hydrogen-bond acceptors (Lipinski definition) is 9. The number of aliphatic imine (C=N–C) groups is 1. The molecule has 0 bridgehead atoms. The summed E-state index contributed by atoms with van der Waals surface area (Å²) in [7, 11) is 0. The Morgan fingerprint density at radius 2 is 1.74 bits per heavy atom. The molecule has 10 nitrogen and oxygen atoms in total. The van der Waals surface area contributed by atoms with E-state index in [4.69, 9.17) is 23.4 Å². The number of ether oxygens (including phenoxy) is 4. The number of nitrogens with zero attached hydrogens (tertiary/aromatic N) is 1. The molecule has 0 spiro atoms. The van der Waals surface area contributed by atoms with Crippen LogP contribution >= 0.6 is 0 Å². The van der Waals surface area contributed by atoms with Crippen LogP contribution in [0.15, 0.2) is 74.9 Å². The smallest absolute Gasteiger partial charge is 0.450 e. The molecule has 244 valence electrons. The summed E-state index contributed by atoms with van der Waals surface area (Å²) in [5.41, 5.74) is -1.46. The van der Waals surface area contributed by atoms with Crippen molar-refractivity contribution >= 4 is 34.9 Å². The number of carbonyl (C=O) groups excluding carboxylic acids is 2. The van der Waals surface area contributed by atoms with Gasteiger partial charge in [-0.2, -0.15) is 13.2 Å². The van der Waals surface area contributed by atoms with E-state index in [9.17, 15) is 27.6 Å². The largest absolute Gasteiger partial charge is 0.486 e. The lowest BCUT2D eigenvalue weighted by molar-refractivity contribution is -0.152. The monoisotopic (exact) mass is 650 g/mol. The van der Waals surface area contributed by atoms with E-state index in [0.717, 1.165) is 17.3 Å². The van der Waals surface area contributed by atoms with Gasteiger partial charge in [-0.25, -0.2) is 9.59 Å². The number of amides is 1. The SMILES string of the molecule is CC(C)(C)OC(=O)N[C@H](C[C@H]1C=Nc2ccccc21)C(=O)Oc1ccc2c(=O)c(-c3ccc4c(c3)OCCO4)c(C(F)(F)F)oc2c1. The molecule has 0 saturated carbocycles. The van der Waals surface area contributed by atoms with E-state index >= 15 is 0 Å². The quantitative estimate of drug-likeness (QED) is 0.176. The Hall–Kier alpha value is -5.33. The highest BCUT2D eigenvalue weighted by Crippen LogP contribution is 2.41. The van der Waals surface area contributed by atoms with Gasteiger partial charge in [0.2, 0.25) is 11.2 Å². The molecule has 13 heteroatoms. The minimum atomic E-state index is -5.05. The molecule has 2 aliphatic rings. The minimum absolute atomic E-state index is 0.0539. The summed E-state index contributed by atoms with van der Waals surface area (Å²) in [4.78, 5) is 44.0. The standard InChI is InChI=1S/C34H29F3N2O8/c1-33(2,3)47-32(42)39-24(14-19-17-38-23-7-5-4-6-21(19)23)31(41)45-20-9-10-22-26(16-20)46-30(34(35,36)37)28(29(22)40)18-8-11-25-27(15-18)44-13-12-43-25/h4-11,15-17,19,24H,12-14H2,1-3H3,(H,39,42)/t19-,24+/m0/s1. The average molecular weight is 651 g/mol. The maximum absolute atomic E-state index is 14.3. The van der Waals surface area contributed by atoms with Crippen LogP contribution in [0, 0.1) is 0 Å². The molecule has 1 N–H and O–H groups in total. The van der Waals surface area contributed by atoms with Crippen molar-refractivity contribution in [2.24, 2.45) is 4.99 Å². The highest BCUT2D eigenvalue weighted by Gasteiger charge is 2.40. The summed E-state index contributed by atoms with van der Waals surface area (Å²) in [6.07, 6.45) is -4.21. The van der Waals surface area contributed by atoms with Crippen molar-refractivity contribution in [2.75, 3.05) is 13.2 Å². The number of para-hydroxylation sites is 1. The highest BCUT2D eigenvalue weighted by molar-refractivity contribution is 5.88. The molecule has 6 rings (SSSR count). The summed E-state index contributed by atoms with van der Waals surface area (Å²) in [6.45, 7) is 5.48. The first-order chi connectivity index (χ1) is 22.3. The van der Waals surface area contributed by atoms with Gasteiger partial charge in [-0.1, -0.05) is 24.3 Å². The molecule has 0 saturated heterocycles. The Bertz CT molecular complexity index is 1960. The third-order valence-electron chi connectivity index (χ3n) is 7.37. The molecule has 3 heterocycles. The van der Waals surface area contributed by atoms with Crippen LogP contribution in [0.3, 0.4) is 0 Å². The number of rotatable bonds is 6. The van der Waals surface area contributed by atoms with E-state index in [1.54, 1.807) is 27.0 Å². The number of alkyl halides is 3. The zero-order valence-corrected chi connectivity index (χ0v) is 25.5. The van der Waals surface area contributed by atoms with Crippen molar-refractivity contribution in [3.8, 4) is 28.4 Å². The molecule has 1 amide bonds. The van der Waals surface area contributed by atoms with Crippen molar-refractivity contribution < 1.29 is 46.1 Å².